The Morgan fingerprint density at radius 1 is 1.16 bits per heavy atom. The number of anilines is 1. The minimum Gasteiger partial charge on any atom is -0.465 e. The van der Waals surface area contributed by atoms with Gasteiger partial charge in [-0.15, -0.1) is 0 Å². The number of hydrogen-bond donors (Lipinski definition) is 3. The number of amides is 2. The number of fused-ring (bicyclic) bond motifs is 1. The highest BCUT2D eigenvalue weighted by Crippen LogP contribution is 2.39. The number of rotatable bonds is 7. The van der Waals surface area contributed by atoms with E-state index in [1.165, 1.54) is 12.1 Å². The molecule has 0 saturated carbocycles. The number of halogens is 3. The fourth-order valence-corrected chi connectivity index (χ4v) is 4.45. The third-order valence-corrected chi connectivity index (χ3v) is 6.38. The zero-order chi connectivity index (χ0) is 27.0. The molecular weight excluding hydrogens is 489 g/mol. The molecule has 11 heteroatoms. The maximum absolute atomic E-state index is 12.9. The Morgan fingerprint density at radius 3 is 2.49 bits per heavy atom. The number of aromatic nitrogens is 2. The molecule has 0 radical (unpaired) electrons. The molecular formula is C26H27F3N4O4. The summed E-state index contributed by atoms with van der Waals surface area (Å²) in [4.78, 5) is 27.8. The lowest BCUT2D eigenvalue weighted by molar-refractivity contribution is -0.137. The Hall–Kier alpha value is -3.89. The molecule has 2 atom stereocenters. The van der Waals surface area contributed by atoms with Gasteiger partial charge in [0.25, 0.3) is 0 Å². The average Bonchev–Trinajstić information content (AvgIpc) is 3.41. The summed E-state index contributed by atoms with van der Waals surface area (Å²) in [7, 11) is 0. The zero-order valence-corrected chi connectivity index (χ0v) is 20.5. The minimum atomic E-state index is -4.45. The summed E-state index contributed by atoms with van der Waals surface area (Å²) in [5.74, 6) is 0.218. The van der Waals surface area contributed by atoms with Crippen LogP contribution in [-0.4, -0.2) is 33.3 Å². The predicted molar refractivity (Wildman–Crippen MR) is 129 cm³/mol. The van der Waals surface area contributed by atoms with Gasteiger partial charge in [-0.3, -0.25) is 4.79 Å². The molecule has 2 heterocycles. The van der Waals surface area contributed by atoms with Gasteiger partial charge in [-0.05, 0) is 59.7 Å². The van der Waals surface area contributed by atoms with Gasteiger partial charge in [-0.1, -0.05) is 38.1 Å². The Balaban J connectivity index is 1.57. The van der Waals surface area contributed by atoms with Crippen LogP contribution in [-0.2, 0) is 23.8 Å². The fraction of sp³-hybridized carbons (Fsp3) is 0.385. The standard InChI is InChI=1S/C26H27F3N4O4/c1-25(2,3)19(13-18(30-24(35)36)10-14-4-7-17(8-5-14)26(27,28)29)23-32-22(33-37-23)15-6-9-20-16(11-15)12-21(34)31-20/h4-9,11,18-19,30H,10,12-13H2,1-3H3,(H,31,34)(H,35,36)/t18?,19-/m0/s1. The monoisotopic (exact) mass is 516 g/mol. The van der Waals surface area contributed by atoms with Gasteiger partial charge >= 0.3 is 12.3 Å². The lowest BCUT2D eigenvalue weighted by atomic mass is 9.76. The first-order valence-corrected chi connectivity index (χ1v) is 11.7. The van der Waals surface area contributed by atoms with Crippen LogP contribution >= 0.6 is 0 Å². The van der Waals surface area contributed by atoms with Gasteiger partial charge < -0.3 is 20.3 Å². The van der Waals surface area contributed by atoms with E-state index in [-0.39, 0.29) is 31.1 Å². The third kappa shape index (κ3) is 6.28. The van der Waals surface area contributed by atoms with E-state index in [1.54, 1.807) is 12.1 Å². The molecule has 196 valence electrons. The lowest BCUT2D eigenvalue weighted by Crippen LogP contribution is -2.38. The van der Waals surface area contributed by atoms with Crippen LogP contribution in [0.2, 0.25) is 0 Å². The molecule has 0 saturated heterocycles. The van der Waals surface area contributed by atoms with E-state index in [4.69, 9.17) is 4.52 Å². The highest BCUT2D eigenvalue weighted by molar-refractivity contribution is 5.99. The van der Waals surface area contributed by atoms with Gasteiger partial charge in [0.15, 0.2) is 0 Å². The number of hydrogen-bond acceptors (Lipinski definition) is 5. The number of nitrogens with zero attached hydrogens (tertiary/aromatic N) is 2. The number of alkyl halides is 3. The van der Waals surface area contributed by atoms with E-state index < -0.39 is 29.3 Å². The van der Waals surface area contributed by atoms with Crippen molar-refractivity contribution in [1.29, 1.82) is 0 Å². The second-order valence-electron chi connectivity index (χ2n) is 10.3. The Labute approximate surface area is 211 Å². The maximum atomic E-state index is 12.9. The van der Waals surface area contributed by atoms with Crippen LogP contribution in [0.15, 0.2) is 47.0 Å². The van der Waals surface area contributed by atoms with Crippen molar-refractivity contribution in [2.75, 3.05) is 5.32 Å². The van der Waals surface area contributed by atoms with Crippen molar-refractivity contribution in [2.45, 2.75) is 58.2 Å². The second kappa shape index (κ2) is 9.87. The summed E-state index contributed by atoms with van der Waals surface area (Å²) < 4.78 is 44.4. The van der Waals surface area contributed by atoms with Crippen LogP contribution in [0.4, 0.5) is 23.7 Å². The number of carboxylic acid groups (broad SMARTS) is 1. The van der Waals surface area contributed by atoms with E-state index >= 15 is 0 Å². The van der Waals surface area contributed by atoms with E-state index in [2.05, 4.69) is 20.8 Å². The van der Waals surface area contributed by atoms with E-state index in [1.807, 2.05) is 26.8 Å². The normalized spacial score (nSPS) is 15.1. The van der Waals surface area contributed by atoms with Crippen LogP contribution < -0.4 is 10.6 Å². The topological polar surface area (TPSA) is 117 Å². The SMILES string of the molecule is CC(C)(C)[C@@H](CC(Cc1ccc(C(F)(F)F)cc1)NC(=O)O)c1nc(-c2ccc3c(c2)CC(=O)N3)no1. The largest absolute Gasteiger partial charge is 0.465 e. The highest BCUT2D eigenvalue weighted by Gasteiger charge is 2.35. The molecule has 1 unspecified atom stereocenters. The van der Waals surface area contributed by atoms with Gasteiger partial charge in [0.1, 0.15) is 0 Å². The first-order valence-electron chi connectivity index (χ1n) is 11.7. The molecule has 0 bridgehead atoms. The maximum Gasteiger partial charge on any atom is 0.416 e. The zero-order valence-electron chi connectivity index (χ0n) is 20.5. The highest BCUT2D eigenvalue weighted by atomic mass is 19.4. The summed E-state index contributed by atoms with van der Waals surface area (Å²) in [6.07, 6.45) is -4.96. The molecule has 2 amide bonds. The van der Waals surface area contributed by atoms with E-state index in [0.717, 1.165) is 23.4 Å². The summed E-state index contributed by atoms with van der Waals surface area (Å²) in [5.41, 5.74) is 1.65. The molecule has 0 fully saturated rings. The quantitative estimate of drug-likeness (QED) is 0.374. The van der Waals surface area contributed by atoms with Crippen molar-refractivity contribution in [1.82, 2.24) is 15.5 Å². The van der Waals surface area contributed by atoms with E-state index in [0.29, 0.717) is 22.8 Å². The molecule has 3 aromatic rings. The number of carbonyl (C=O) groups excluding carboxylic acids is 1. The van der Waals surface area contributed by atoms with Crippen LogP contribution in [0.5, 0.6) is 0 Å². The van der Waals surface area contributed by atoms with Crippen molar-refractivity contribution in [3.8, 4) is 11.4 Å². The third-order valence-electron chi connectivity index (χ3n) is 6.38. The Morgan fingerprint density at radius 2 is 1.86 bits per heavy atom. The minimum absolute atomic E-state index is 0.0845. The Bertz CT molecular complexity index is 1300. The molecule has 8 nitrogen and oxygen atoms in total. The van der Waals surface area contributed by atoms with Gasteiger partial charge in [-0.25, -0.2) is 4.79 Å². The van der Waals surface area contributed by atoms with Crippen molar-refractivity contribution in [2.24, 2.45) is 5.41 Å². The number of carbonyl (C=O) groups is 2. The summed E-state index contributed by atoms with van der Waals surface area (Å²) in [6.45, 7) is 5.89. The Kier molecular flexibility index (Phi) is 6.98. The van der Waals surface area contributed by atoms with E-state index in [9.17, 15) is 27.9 Å². The molecule has 1 aliphatic rings. The molecule has 1 aromatic heterocycles. The van der Waals surface area contributed by atoms with Crippen molar-refractivity contribution in [3.63, 3.8) is 0 Å². The van der Waals surface area contributed by atoms with Crippen LogP contribution in [0, 0.1) is 5.41 Å². The van der Waals surface area contributed by atoms with Gasteiger partial charge in [0.2, 0.25) is 17.6 Å². The van der Waals surface area contributed by atoms with Gasteiger partial charge in [0.05, 0.1) is 12.0 Å². The summed E-state index contributed by atoms with van der Waals surface area (Å²) in [5, 5.41) is 18.8. The van der Waals surface area contributed by atoms with Crippen molar-refractivity contribution in [3.05, 3.63) is 65.0 Å². The van der Waals surface area contributed by atoms with Gasteiger partial charge in [-0.2, -0.15) is 18.2 Å². The van der Waals surface area contributed by atoms with Crippen LogP contribution in [0.3, 0.4) is 0 Å². The fourth-order valence-electron chi connectivity index (χ4n) is 4.45. The number of benzene rings is 2. The molecule has 4 rings (SSSR count). The van der Waals surface area contributed by atoms with Crippen molar-refractivity contribution >= 4 is 17.7 Å². The number of nitrogens with one attached hydrogen (secondary N) is 2. The molecule has 3 N–H and O–H groups in total. The molecule has 2 aromatic carbocycles. The smallest absolute Gasteiger partial charge is 0.416 e. The average molecular weight is 517 g/mol. The van der Waals surface area contributed by atoms with Crippen LogP contribution in [0.1, 0.15) is 55.7 Å². The molecule has 1 aliphatic heterocycles. The van der Waals surface area contributed by atoms with Crippen LogP contribution in [0.25, 0.3) is 11.4 Å². The predicted octanol–water partition coefficient (Wildman–Crippen LogP) is 5.65. The summed E-state index contributed by atoms with van der Waals surface area (Å²) >= 11 is 0. The lowest BCUT2D eigenvalue weighted by Gasteiger charge is -2.31. The van der Waals surface area contributed by atoms with Gasteiger partial charge in [0, 0.05) is 23.2 Å². The van der Waals surface area contributed by atoms with Crippen molar-refractivity contribution < 1.29 is 32.4 Å². The first kappa shape index (κ1) is 26.2. The molecule has 0 aliphatic carbocycles. The second-order valence-corrected chi connectivity index (χ2v) is 10.3. The molecule has 37 heavy (non-hydrogen) atoms. The molecule has 0 spiro atoms. The first-order chi connectivity index (χ1) is 17.3. The summed E-state index contributed by atoms with van der Waals surface area (Å²) in [6, 6.07) is 9.44.